The van der Waals surface area contributed by atoms with Gasteiger partial charge in [-0.2, -0.15) is 0 Å². The summed E-state index contributed by atoms with van der Waals surface area (Å²) in [5.74, 6) is -0.190. The van der Waals surface area contributed by atoms with Gasteiger partial charge in [-0.25, -0.2) is 4.39 Å². The molecule has 1 amide bonds. The first-order valence-electron chi connectivity index (χ1n) is 6.58. The van der Waals surface area contributed by atoms with Gasteiger partial charge in [-0.1, -0.05) is 18.2 Å². The zero-order chi connectivity index (χ0) is 15.2. The van der Waals surface area contributed by atoms with Crippen LogP contribution in [0.15, 0.2) is 48.5 Å². The van der Waals surface area contributed by atoms with Gasteiger partial charge >= 0.3 is 0 Å². The maximum atomic E-state index is 13.0. The van der Waals surface area contributed by atoms with Crippen LogP contribution in [-0.2, 0) is 4.79 Å². The highest BCUT2D eigenvalue weighted by Crippen LogP contribution is 2.17. The van der Waals surface area contributed by atoms with Crippen molar-refractivity contribution in [3.8, 4) is 5.75 Å². The van der Waals surface area contributed by atoms with Crippen LogP contribution in [0.4, 0.5) is 10.1 Å². The number of ether oxygens (including phenoxy) is 1. The van der Waals surface area contributed by atoms with Crippen LogP contribution < -0.4 is 15.8 Å². The van der Waals surface area contributed by atoms with Gasteiger partial charge in [-0.15, -0.1) is 0 Å². The van der Waals surface area contributed by atoms with E-state index in [0.29, 0.717) is 11.4 Å². The number of hydrogen-bond acceptors (Lipinski definition) is 3. The van der Waals surface area contributed by atoms with E-state index in [1.807, 2.05) is 19.1 Å². The molecular weight excluding hydrogens is 271 g/mol. The first kappa shape index (κ1) is 15.0. The van der Waals surface area contributed by atoms with Crippen LogP contribution in [-0.4, -0.2) is 12.5 Å². The van der Waals surface area contributed by atoms with Crippen molar-refractivity contribution >= 4 is 11.6 Å². The fraction of sp³-hybridized carbons (Fsp3) is 0.188. The predicted octanol–water partition coefficient (Wildman–Crippen LogP) is 2.86. The lowest BCUT2D eigenvalue weighted by atomic mass is 10.1. The molecule has 1 atom stereocenters. The SMILES string of the molecule is C[C@@H](N)c1cccc(OCC(=O)Nc2cccc(F)c2)c1. The molecule has 2 aromatic carbocycles. The number of amides is 1. The number of carbonyl (C=O) groups is 1. The largest absolute Gasteiger partial charge is 0.484 e. The van der Waals surface area contributed by atoms with Crippen LogP contribution in [0.3, 0.4) is 0 Å². The minimum absolute atomic E-state index is 0.102. The summed E-state index contributed by atoms with van der Waals surface area (Å²) in [4.78, 5) is 11.7. The molecule has 0 spiro atoms. The first-order valence-corrected chi connectivity index (χ1v) is 6.58. The van der Waals surface area contributed by atoms with Crippen molar-refractivity contribution in [3.63, 3.8) is 0 Å². The Bertz CT molecular complexity index is 629. The van der Waals surface area contributed by atoms with E-state index in [-0.39, 0.29) is 18.6 Å². The minimum atomic E-state index is -0.404. The normalized spacial score (nSPS) is 11.8. The van der Waals surface area contributed by atoms with Gasteiger partial charge in [-0.3, -0.25) is 4.79 Å². The number of hydrogen-bond donors (Lipinski definition) is 2. The van der Waals surface area contributed by atoms with Crippen LogP contribution in [0, 0.1) is 5.82 Å². The predicted molar refractivity (Wildman–Crippen MR) is 79.6 cm³/mol. The lowest BCUT2D eigenvalue weighted by Gasteiger charge is -2.10. The summed E-state index contributed by atoms with van der Waals surface area (Å²) in [5, 5.41) is 2.56. The average Bonchev–Trinajstić information content (AvgIpc) is 2.45. The Labute approximate surface area is 122 Å². The quantitative estimate of drug-likeness (QED) is 0.889. The summed E-state index contributed by atoms with van der Waals surface area (Å²) in [6.07, 6.45) is 0. The molecule has 0 heterocycles. The van der Waals surface area contributed by atoms with Gasteiger partial charge in [0.25, 0.3) is 5.91 Å². The van der Waals surface area contributed by atoms with Crippen molar-refractivity contribution in [3.05, 3.63) is 59.9 Å². The molecule has 0 saturated heterocycles. The van der Waals surface area contributed by atoms with Gasteiger partial charge < -0.3 is 15.8 Å². The van der Waals surface area contributed by atoms with Crippen LogP contribution in [0.25, 0.3) is 0 Å². The van der Waals surface area contributed by atoms with Crippen LogP contribution >= 0.6 is 0 Å². The van der Waals surface area contributed by atoms with E-state index in [0.717, 1.165) is 5.56 Å². The molecule has 0 aromatic heterocycles. The maximum absolute atomic E-state index is 13.0. The molecule has 0 fully saturated rings. The summed E-state index contributed by atoms with van der Waals surface area (Å²) in [6, 6.07) is 12.8. The monoisotopic (exact) mass is 288 g/mol. The van der Waals surface area contributed by atoms with E-state index >= 15 is 0 Å². The van der Waals surface area contributed by atoms with Gasteiger partial charge in [0.1, 0.15) is 11.6 Å². The maximum Gasteiger partial charge on any atom is 0.262 e. The van der Waals surface area contributed by atoms with Crippen LogP contribution in [0.5, 0.6) is 5.75 Å². The van der Waals surface area contributed by atoms with Crippen molar-refractivity contribution in [2.75, 3.05) is 11.9 Å². The standard InChI is InChI=1S/C16H17FN2O2/c1-11(18)12-4-2-7-15(8-12)21-10-16(20)19-14-6-3-5-13(17)9-14/h2-9,11H,10,18H2,1H3,(H,19,20)/t11-/m1/s1. The van der Waals surface area contributed by atoms with Gasteiger partial charge in [0.05, 0.1) is 0 Å². The highest BCUT2D eigenvalue weighted by molar-refractivity contribution is 5.91. The van der Waals surface area contributed by atoms with Crippen LogP contribution in [0.1, 0.15) is 18.5 Å². The van der Waals surface area contributed by atoms with E-state index in [4.69, 9.17) is 10.5 Å². The molecule has 0 aliphatic heterocycles. The molecule has 0 radical (unpaired) electrons. The molecule has 0 bridgehead atoms. The highest BCUT2D eigenvalue weighted by Gasteiger charge is 2.06. The smallest absolute Gasteiger partial charge is 0.262 e. The molecule has 4 nitrogen and oxygen atoms in total. The van der Waals surface area contributed by atoms with Crippen LogP contribution in [0.2, 0.25) is 0 Å². The van der Waals surface area contributed by atoms with Gasteiger partial charge in [0.15, 0.2) is 6.61 Å². The Kier molecular flexibility index (Phi) is 4.90. The summed E-state index contributed by atoms with van der Waals surface area (Å²) in [5.41, 5.74) is 7.11. The molecular formula is C16H17FN2O2. The summed E-state index contributed by atoms with van der Waals surface area (Å²) in [6.45, 7) is 1.72. The summed E-state index contributed by atoms with van der Waals surface area (Å²) < 4.78 is 18.4. The topological polar surface area (TPSA) is 64.3 Å². The highest BCUT2D eigenvalue weighted by atomic mass is 19.1. The zero-order valence-corrected chi connectivity index (χ0v) is 11.7. The summed E-state index contributed by atoms with van der Waals surface area (Å²) >= 11 is 0. The van der Waals surface area contributed by atoms with Gasteiger partial charge in [0.2, 0.25) is 0 Å². The summed E-state index contributed by atoms with van der Waals surface area (Å²) in [7, 11) is 0. The second-order valence-corrected chi connectivity index (χ2v) is 4.71. The lowest BCUT2D eigenvalue weighted by Crippen LogP contribution is -2.20. The Hall–Kier alpha value is -2.40. The molecule has 21 heavy (non-hydrogen) atoms. The Morgan fingerprint density at radius 3 is 2.76 bits per heavy atom. The van der Waals surface area contributed by atoms with E-state index in [1.165, 1.54) is 18.2 Å². The van der Waals surface area contributed by atoms with Crippen molar-refractivity contribution < 1.29 is 13.9 Å². The number of benzene rings is 2. The number of anilines is 1. The molecule has 2 aromatic rings. The molecule has 0 aliphatic rings. The van der Waals surface area contributed by atoms with E-state index < -0.39 is 5.82 Å². The average molecular weight is 288 g/mol. The van der Waals surface area contributed by atoms with Gasteiger partial charge in [0, 0.05) is 11.7 Å². The molecule has 110 valence electrons. The third-order valence-electron chi connectivity index (χ3n) is 2.86. The Balaban J connectivity index is 1.90. The van der Waals surface area contributed by atoms with E-state index in [1.54, 1.807) is 18.2 Å². The molecule has 0 unspecified atom stereocenters. The molecule has 5 heteroatoms. The molecule has 3 N–H and O–H groups in total. The minimum Gasteiger partial charge on any atom is -0.484 e. The van der Waals surface area contributed by atoms with E-state index in [9.17, 15) is 9.18 Å². The molecule has 0 saturated carbocycles. The Morgan fingerprint density at radius 1 is 1.29 bits per heavy atom. The number of halogens is 1. The fourth-order valence-corrected chi connectivity index (χ4v) is 1.80. The first-order chi connectivity index (χ1) is 10.0. The second-order valence-electron chi connectivity index (χ2n) is 4.71. The molecule has 0 aliphatic carbocycles. The van der Waals surface area contributed by atoms with E-state index in [2.05, 4.69) is 5.32 Å². The number of rotatable bonds is 5. The number of nitrogens with two attached hydrogens (primary N) is 1. The lowest BCUT2D eigenvalue weighted by molar-refractivity contribution is -0.118. The fourth-order valence-electron chi connectivity index (χ4n) is 1.80. The second kappa shape index (κ2) is 6.85. The zero-order valence-electron chi connectivity index (χ0n) is 11.7. The van der Waals surface area contributed by atoms with Crippen molar-refractivity contribution in [1.82, 2.24) is 0 Å². The Morgan fingerprint density at radius 2 is 2.05 bits per heavy atom. The van der Waals surface area contributed by atoms with Crippen molar-refractivity contribution in [1.29, 1.82) is 0 Å². The van der Waals surface area contributed by atoms with Crippen molar-refractivity contribution in [2.45, 2.75) is 13.0 Å². The van der Waals surface area contributed by atoms with Crippen molar-refractivity contribution in [2.24, 2.45) is 5.73 Å². The third-order valence-corrected chi connectivity index (χ3v) is 2.86. The number of nitrogens with one attached hydrogen (secondary N) is 1. The van der Waals surface area contributed by atoms with Gasteiger partial charge in [-0.05, 0) is 42.8 Å². The third kappa shape index (κ3) is 4.57. The molecule has 2 rings (SSSR count). The number of carbonyl (C=O) groups excluding carboxylic acids is 1.